The van der Waals surface area contributed by atoms with Crippen molar-refractivity contribution in [2.45, 2.75) is 0 Å². The van der Waals surface area contributed by atoms with Crippen molar-refractivity contribution in [3.8, 4) is 45.4 Å². The SMILES string of the molecule is c1ccc(-c2nc(-c3ccc4sc5c6ccccc6nc(-c6ccc7ccccc7c6)c5c4c3)nc(-c3cccc4oc5ccccc5c34)n2)cc1. The van der Waals surface area contributed by atoms with E-state index in [-0.39, 0.29) is 0 Å². The molecule has 0 N–H and O–H groups in total. The number of nitrogens with zero attached hydrogens (tertiary/aromatic N) is 4. The van der Waals surface area contributed by atoms with Gasteiger partial charge in [-0.3, -0.25) is 0 Å². The number of thiophene rings is 1. The van der Waals surface area contributed by atoms with E-state index in [0.29, 0.717) is 17.5 Å². The molecule has 7 aromatic carbocycles. The van der Waals surface area contributed by atoms with Crippen LogP contribution in [0.25, 0.3) is 109 Å². The summed E-state index contributed by atoms with van der Waals surface area (Å²) < 4.78 is 8.66. The van der Waals surface area contributed by atoms with E-state index in [1.807, 2.05) is 72.0 Å². The Kier molecular flexibility index (Phi) is 6.35. The summed E-state index contributed by atoms with van der Waals surface area (Å²) >= 11 is 1.81. The molecule has 0 amide bonds. The van der Waals surface area contributed by atoms with Crippen LogP contribution >= 0.6 is 11.3 Å². The lowest BCUT2D eigenvalue weighted by Crippen LogP contribution is -2.00. The van der Waals surface area contributed by atoms with Gasteiger partial charge in [0.25, 0.3) is 0 Å². The predicted molar refractivity (Wildman–Crippen MR) is 215 cm³/mol. The van der Waals surface area contributed by atoms with Crippen LogP contribution in [0.2, 0.25) is 0 Å². The summed E-state index contributed by atoms with van der Waals surface area (Å²) in [5, 5.41) is 7.84. The number of hydrogen-bond acceptors (Lipinski definition) is 6. The molecule has 0 saturated heterocycles. The molecule has 0 radical (unpaired) electrons. The zero-order valence-corrected chi connectivity index (χ0v) is 28.4. The second-order valence-corrected chi connectivity index (χ2v) is 14.1. The molecule has 0 bridgehead atoms. The van der Waals surface area contributed by atoms with Crippen LogP contribution in [0, 0.1) is 0 Å². The minimum Gasteiger partial charge on any atom is -0.456 e. The van der Waals surface area contributed by atoms with Crippen molar-refractivity contribution in [1.29, 1.82) is 0 Å². The van der Waals surface area contributed by atoms with Crippen molar-refractivity contribution in [3.05, 3.63) is 158 Å². The molecule has 0 aliphatic rings. The third-order valence-electron chi connectivity index (χ3n) is 9.90. The zero-order valence-electron chi connectivity index (χ0n) is 27.6. The molecule has 0 aliphatic carbocycles. The van der Waals surface area contributed by atoms with Crippen LogP contribution in [0.5, 0.6) is 0 Å². The lowest BCUT2D eigenvalue weighted by molar-refractivity contribution is 0.669. The fourth-order valence-electron chi connectivity index (χ4n) is 7.45. The third kappa shape index (κ3) is 4.55. The largest absolute Gasteiger partial charge is 0.456 e. The quantitative estimate of drug-likeness (QED) is 0.185. The molecule has 0 spiro atoms. The maximum Gasteiger partial charge on any atom is 0.164 e. The highest BCUT2D eigenvalue weighted by atomic mass is 32.1. The van der Waals surface area contributed by atoms with Gasteiger partial charge in [0.15, 0.2) is 17.5 Å². The van der Waals surface area contributed by atoms with Crippen LogP contribution < -0.4 is 0 Å². The lowest BCUT2D eigenvalue weighted by Gasteiger charge is -2.10. The van der Waals surface area contributed by atoms with Crippen LogP contribution in [0.15, 0.2) is 162 Å². The van der Waals surface area contributed by atoms with Gasteiger partial charge >= 0.3 is 0 Å². The fourth-order valence-corrected chi connectivity index (χ4v) is 8.67. The maximum atomic E-state index is 6.25. The van der Waals surface area contributed by atoms with Crippen molar-refractivity contribution >= 4 is 75.1 Å². The van der Waals surface area contributed by atoms with E-state index in [2.05, 4.69) is 97.1 Å². The Morgan fingerprint density at radius 1 is 0.423 bits per heavy atom. The topological polar surface area (TPSA) is 64.7 Å². The van der Waals surface area contributed by atoms with E-state index >= 15 is 0 Å². The van der Waals surface area contributed by atoms with Crippen molar-refractivity contribution in [2.24, 2.45) is 0 Å². The Balaban J connectivity index is 1.17. The molecule has 0 aliphatic heterocycles. The first-order chi connectivity index (χ1) is 25.7. The number of furan rings is 1. The normalized spacial score (nSPS) is 11.8. The summed E-state index contributed by atoms with van der Waals surface area (Å²) in [6, 6.07) is 54.4. The maximum absolute atomic E-state index is 6.25. The van der Waals surface area contributed by atoms with Crippen molar-refractivity contribution in [3.63, 3.8) is 0 Å². The highest BCUT2D eigenvalue weighted by Crippen LogP contribution is 2.44. The highest BCUT2D eigenvalue weighted by Gasteiger charge is 2.20. The van der Waals surface area contributed by atoms with Crippen LogP contribution in [0.4, 0.5) is 0 Å². The molecule has 0 fully saturated rings. The molecule has 0 saturated carbocycles. The highest BCUT2D eigenvalue weighted by molar-refractivity contribution is 7.26. The molecule has 0 unspecified atom stereocenters. The Morgan fingerprint density at radius 3 is 2.04 bits per heavy atom. The van der Waals surface area contributed by atoms with E-state index in [1.165, 1.54) is 20.2 Å². The van der Waals surface area contributed by atoms with Gasteiger partial charge in [0, 0.05) is 58.6 Å². The molecule has 4 aromatic heterocycles. The molecule has 11 rings (SSSR count). The molecular formula is C46H26N4OS. The lowest BCUT2D eigenvalue weighted by atomic mass is 9.99. The smallest absolute Gasteiger partial charge is 0.164 e. The number of para-hydroxylation sites is 2. The second kappa shape index (κ2) is 11.4. The van der Waals surface area contributed by atoms with E-state index in [4.69, 9.17) is 24.4 Å². The van der Waals surface area contributed by atoms with Gasteiger partial charge in [-0.1, -0.05) is 115 Å². The summed E-state index contributed by atoms with van der Waals surface area (Å²) in [6.45, 7) is 0. The average molecular weight is 683 g/mol. The first kappa shape index (κ1) is 29.0. The minimum absolute atomic E-state index is 0.598. The fraction of sp³-hybridized carbons (Fsp3) is 0. The minimum atomic E-state index is 0.598. The first-order valence-corrected chi connectivity index (χ1v) is 18.0. The predicted octanol–water partition coefficient (Wildman–Crippen LogP) is 12.5. The summed E-state index contributed by atoms with van der Waals surface area (Å²) in [4.78, 5) is 20.7. The number of pyridine rings is 1. The summed E-state index contributed by atoms with van der Waals surface area (Å²) in [5.74, 6) is 1.82. The van der Waals surface area contributed by atoms with Gasteiger partial charge in [-0.15, -0.1) is 11.3 Å². The molecule has 5 nitrogen and oxygen atoms in total. The number of rotatable bonds is 4. The van der Waals surface area contributed by atoms with E-state index in [9.17, 15) is 0 Å². The summed E-state index contributed by atoms with van der Waals surface area (Å²) in [5.41, 5.74) is 7.43. The second-order valence-electron chi connectivity index (χ2n) is 13.0. The van der Waals surface area contributed by atoms with Gasteiger partial charge < -0.3 is 4.42 Å². The van der Waals surface area contributed by atoms with Gasteiger partial charge in [0.1, 0.15) is 11.2 Å². The molecule has 6 heteroatoms. The van der Waals surface area contributed by atoms with E-state index in [0.717, 1.165) is 71.6 Å². The van der Waals surface area contributed by atoms with Gasteiger partial charge in [0.05, 0.1) is 11.2 Å². The number of aromatic nitrogens is 4. The summed E-state index contributed by atoms with van der Waals surface area (Å²) in [6.07, 6.45) is 0. The van der Waals surface area contributed by atoms with Crippen LogP contribution in [0.1, 0.15) is 0 Å². The summed E-state index contributed by atoms with van der Waals surface area (Å²) in [7, 11) is 0. The molecule has 0 atom stereocenters. The molecule has 4 heterocycles. The average Bonchev–Trinajstić information content (AvgIpc) is 3.79. The van der Waals surface area contributed by atoms with Gasteiger partial charge in [0.2, 0.25) is 0 Å². The Morgan fingerprint density at radius 2 is 1.13 bits per heavy atom. The van der Waals surface area contributed by atoms with E-state index < -0.39 is 0 Å². The molecule has 11 aromatic rings. The van der Waals surface area contributed by atoms with Gasteiger partial charge in [-0.25, -0.2) is 19.9 Å². The third-order valence-corrected chi connectivity index (χ3v) is 11.1. The first-order valence-electron chi connectivity index (χ1n) is 17.2. The Hall–Kier alpha value is -6.76. The number of benzene rings is 7. The zero-order chi connectivity index (χ0) is 34.2. The molecule has 52 heavy (non-hydrogen) atoms. The number of fused-ring (bicyclic) bond motifs is 9. The standard InChI is InChI=1S/C46H26N4OS/c1-2-12-28(13-3-1)44-48-45(50-46(49-44)34-17-10-20-38-40(34)33-16-7-9-19-37(33)51-38)31-23-24-39-35(26-31)41-42(30-22-21-27-11-4-5-14-29(27)25-30)47-36-18-8-6-15-32(36)43(41)52-39/h1-26H. The van der Waals surface area contributed by atoms with E-state index in [1.54, 1.807) is 0 Å². The van der Waals surface area contributed by atoms with Crippen LogP contribution in [-0.2, 0) is 0 Å². The Bertz CT molecular complexity index is 3200. The van der Waals surface area contributed by atoms with Crippen LogP contribution in [-0.4, -0.2) is 19.9 Å². The van der Waals surface area contributed by atoms with Gasteiger partial charge in [-0.05, 0) is 53.2 Å². The van der Waals surface area contributed by atoms with Gasteiger partial charge in [-0.2, -0.15) is 0 Å². The van der Waals surface area contributed by atoms with Crippen LogP contribution in [0.3, 0.4) is 0 Å². The monoisotopic (exact) mass is 682 g/mol. The van der Waals surface area contributed by atoms with Crippen molar-refractivity contribution < 1.29 is 4.42 Å². The van der Waals surface area contributed by atoms with Crippen molar-refractivity contribution in [2.75, 3.05) is 0 Å². The molecular weight excluding hydrogens is 657 g/mol. The number of hydrogen-bond donors (Lipinski definition) is 0. The Labute approximate surface area is 301 Å². The molecule has 242 valence electrons. The van der Waals surface area contributed by atoms with Crippen molar-refractivity contribution in [1.82, 2.24) is 19.9 Å².